The molecule has 1 saturated carbocycles. The average Bonchev–Trinajstić information content (AvgIpc) is 2.93. The van der Waals surface area contributed by atoms with E-state index in [-0.39, 0.29) is 0 Å². The molecule has 1 aromatic carbocycles. The maximum atomic E-state index is 10.8. The van der Waals surface area contributed by atoms with Crippen molar-refractivity contribution in [2.24, 2.45) is 13.0 Å². The fourth-order valence-electron chi connectivity index (χ4n) is 4.87. The summed E-state index contributed by atoms with van der Waals surface area (Å²) in [7, 11) is 2.11. The van der Waals surface area contributed by atoms with Crippen LogP contribution in [0.1, 0.15) is 61.4 Å². The highest BCUT2D eigenvalue weighted by Crippen LogP contribution is 2.37. The van der Waals surface area contributed by atoms with Gasteiger partial charge in [-0.3, -0.25) is 4.79 Å². The van der Waals surface area contributed by atoms with E-state index in [1.54, 1.807) is 0 Å². The Balaban J connectivity index is 1.46. The molecule has 0 amide bonds. The van der Waals surface area contributed by atoms with Crippen molar-refractivity contribution >= 4 is 5.97 Å². The Hall–Kier alpha value is -2.14. The lowest BCUT2D eigenvalue weighted by atomic mass is 9.79. The molecule has 0 atom stereocenters. The van der Waals surface area contributed by atoms with Crippen LogP contribution in [0.3, 0.4) is 0 Å². The first kappa shape index (κ1) is 19.2. The molecular weight excluding hydrogens is 350 g/mol. The smallest absolute Gasteiger partial charge is 0.303 e. The second-order valence-corrected chi connectivity index (χ2v) is 8.48. The molecule has 0 saturated heterocycles. The molecule has 1 aromatic heterocycles. The fourth-order valence-corrected chi connectivity index (χ4v) is 4.87. The van der Waals surface area contributed by atoms with Gasteiger partial charge in [-0.25, -0.2) is 4.98 Å². The average molecular weight is 382 g/mol. The molecule has 2 heterocycles. The van der Waals surface area contributed by atoms with Crippen LogP contribution < -0.4 is 5.32 Å². The Morgan fingerprint density at radius 3 is 2.68 bits per heavy atom. The van der Waals surface area contributed by atoms with Gasteiger partial charge in [0.15, 0.2) is 0 Å². The number of aromatic nitrogens is 2. The molecule has 150 valence electrons. The molecule has 28 heavy (non-hydrogen) atoms. The predicted octanol–water partition coefficient (Wildman–Crippen LogP) is 3.91. The summed E-state index contributed by atoms with van der Waals surface area (Å²) in [4.78, 5) is 15.8. The summed E-state index contributed by atoms with van der Waals surface area (Å²) in [5, 5.41) is 12.4. The van der Waals surface area contributed by atoms with Crippen LogP contribution in [-0.4, -0.2) is 33.7 Å². The van der Waals surface area contributed by atoms with E-state index in [0.29, 0.717) is 18.3 Å². The predicted molar refractivity (Wildman–Crippen MR) is 110 cm³/mol. The molecule has 5 heteroatoms. The number of imidazole rings is 1. The quantitative estimate of drug-likeness (QED) is 0.824. The van der Waals surface area contributed by atoms with Crippen LogP contribution in [0.25, 0.3) is 11.3 Å². The minimum absolute atomic E-state index is 0.301. The molecule has 4 rings (SSSR count). The number of carbonyl (C=O) groups is 1. The Bertz CT molecular complexity index is 834. The highest BCUT2D eigenvalue weighted by atomic mass is 16.4. The summed E-state index contributed by atoms with van der Waals surface area (Å²) >= 11 is 0. The SMILES string of the molecule is Cn1cc(-c2ccc3c(c2)CCNCC3)nc1C1CCC(CCC(=O)O)CC1. The van der Waals surface area contributed by atoms with E-state index in [9.17, 15) is 4.79 Å². The van der Waals surface area contributed by atoms with E-state index < -0.39 is 5.97 Å². The minimum atomic E-state index is -0.674. The van der Waals surface area contributed by atoms with Gasteiger partial charge in [0.25, 0.3) is 0 Å². The number of carboxylic acid groups (broad SMARTS) is 1. The van der Waals surface area contributed by atoms with Crippen LogP contribution in [0.15, 0.2) is 24.4 Å². The minimum Gasteiger partial charge on any atom is -0.481 e. The number of aryl methyl sites for hydroxylation is 1. The van der Waals surface area contributed by atoms with Gasteiger partial charge in [-0.1, -0.05) is 12.1 Å². The first-order valence-corrected chi connectivity index (χ1v) is 10.7. The highest BCUT2D eigenvalue weighted by molar-refractivity contribution is 5.66. The number of aliphatic carboxylic acids is 1. The van der Waals surface area contributed by atoms with Crippen LogP contribution in [-0.2, 0) is 24.7 Å². The lowest BCUT2D eigenvalue weighted by Gasteiger charge is -2.27. The van der Waals surface area contributed by atoms with Crippen molar-refractivity contribution in [3.8, 4) is 11.3 Å². The van der Waals surface area contributed by atoms with Crippen LogP contribution in [0.4, 0.5) is 0 Å². The highest BCUT2D eigenvalue weighted by Gasteiger charge is 2.26. The maximum absolute atomic E-state index is 10.8. The molecule has 0 bridgehead atoms. The summed E-state index contributed by atoms with van der Waals surface area (Å²) in [6.45, 7) is 2.12. The number of hydrogen-bond donors (Lipinski definition) is 2. The maximum Gasteiger partial charge on any atom is 0.303 e. The molecule has 2 aliphatic rings. The molecule has 1 fully saturated rings. The Morgan fingerprint density at radius 2 is 1.93 bits per heavy atom. The van der Waals surface area contributed by atoms with Crippen LogP contribution in [0.5, 0.6) is 0 Å². The molecule has 0 radical (unpaired) electrons. The zero-order valence-electron chi connectivity index (χ0n) is 16.8. The summed E-state index contributed by atoms with van der Waals surface area (Å²) < 4.78 is 2.20. The third-order valence-corrected chi connectivity index (χ3v) is 6.53. The normalized spacial score (nSPS) is 22.5. The lowest BCUT2D eigenvalue weighted by Crippen LogP contribution is -2.16. The van der Waals surface area contributed by atoms with Gasteiger partial charge >= 0.3 is 5.97 Å². The van der Waals surface area contributed by atoms with Gasteiger partial charge in [0.2, 0.25) is 0 Å². The number of fused-ring (bicyclic) bond motifs is 1. The van der Waals surface area contributed by atoms with E-state index in [1.165, 1.54) is 22.5 Å². The molecule has 1 aliphatic carbocycles. The van der Waals surface area contributed by atoms with Crippen molar-refractivity contribution in [3.05, 3.63) is 41.3 Å². The number of nitrogens with one attached hydrogen (secondary N) is 1. The first-order chi connectivity index (χ1) is 13.6. The van der Waals surface area contributed by atoms with Crippen LogP contribution in [0.2, 0.25) is 0 Å². The second-order valence-electron chi connectivity index (χ2n) is 8.48. The Labute approximate surface area is 167 Å². The Morgan fingerprint density at radius 1 is 1.18 bits per heavy atom. The van der Waals surface area contributed by atoms with Gasteiger partial charge in [-0.15, -0.1) is 0 Å². The molecule has 0 unspecified atom stereocenters. The van der Waals surface area contributed by atoms with E-state index in [4.69, 9.17) is 10.1 Å². The fraction of sp³-hybridized carbons (Fsp3) is 0.565. The van der Waals surface area contributed by atoms with Crippen molar-refractivity contribution in [2.75, 3.05) is 13.1 Å². The van der Waals surface area contributed by atoms with Gasteiger partial charge in [0.05, 0.1) is 5.69 Å². The van der Waals surface area contributed by atoms with Crippen LogP contribution in [0, 0.1) is 5.92 Å². The number of benzene rings is 1. The third-order valence-electron chi connectivity index (χ3n) is 6.53. The van der Waals surface area contributed by atoms with Crippen molar-refractivity contribution in [3.63, 3.8) is 0 Å². The molecule has 1 aliphatic heterocycles. The molecule has 5 nitrogen and oxygen atoms in total. The summed E-state index contributed by atoms with van der Waals surface area (Å²) in [5.74, 6) is 1.56. The summed E-state index contributed by atoms with van der Waals surface area (Å²) in [6, 6.07) is 6.83. The summed E-state index contributed by atoms with van der Waals surface area (Å²) in [5.41, 5.74) is 5.21. The first-order valence-electron chi connectivity index (χ1n) is 10.7. The number of nitrogens with zero attached hydrogens (tertiary/aromatic N) is 2. The number of rotatable bonds is 5. The van der Waals surface area contributed by atoms with Crippen LogP contribution >= 0.6 is 0 Å². The van der Waals surface area contributed by atoms with Crippen molar-refractivity contribution in [2.45, 2.75) is 57.3 Å². The van der Waals surface area contributed by atoms with Gasteiger partial charge in [-0.2, -0.15) is 0 Å². The lowest BCUT2D eigenvalue weighted by molar-refractivity contribution is -0.137. The molecular formula is C23H31N3O2. The van der Waals surface area contributed by atoms with Gasteiger partial charge in [-0.05, 0) is 81.1 Å². The number of carboxylic acids is 1. The standard InChI is InChI=1S/C23H31N3O2/c1-26-15-21(20-8-7-17-10-12-24-13-11-19(17)14-20)25-23(26)18-5-2-16(3-6-18)4-9-22(27)28/h7-8,14-16,18,24H,2-6,9-13H2,1H3,(H,27,28). The topological polar surface area (TPSA) is 67.2 Å². The van der Waals surface area contributed by atoms with Crippen molar-refractivity contribution in [1.29, 1.82) is 0 Å². The van der Waals surface area contributed by atoms with Crippen molar-refractivity contribution < 1.29 is 9.90 Å². The van der Waals surface area contributed by atoms with E-state index in [2.05, 4.69) is 41.3 Å². The molecule has 0 spiro atoms. The van der Waals surface area contributed by atoms with E-state index in [1.807, 2.05) is 0 Å². The zero-order valence-corrected chi connectivity index (χ0v) is 16.8. The van der Waals surface area contributed by atoms with E-state index in [0.717, 1.165) is 63.7 Å². The van der Waals surface area contributed by atoms with Gasteiger partial charge < -0.3 is 15.0 Å². The largest absolute Gasteiger partial charge is 0.481 e. The second kappa shape index (κ2) is 8.48. The van der Waals surface area contributed by atoms with Gasteiger partial charge in [0.1, 0.15) is 5.82 Å². The van der Waals surface area contributed by atoms with Gasteiger partial charge in [0, 0.05) is 31.1 Å². The summed E-state index contributed by atoms with van der Waals surface area (Å²) in [6.07, 6.45) is 9.94. The van der Waals surface area contributed by atoms with E-state index >= 15 is 0 Å². The van der Waals surface area contributed by atoms with Crippen molar-refractivity contribution in [1.82, 2.24) is 14.9 Å². The zero-order chi connectivity index (χ0) is 19.5. The molecule has 2 N–H and O–H groups in total. The molecule has 2 aromatic rings. The Kier molecular flexibility index (Phi) is 5.81. The monoisotopic (exact) mass is 381 g/mol. The number of hydrogen-bond acceptors (Lipinski definition) is 3. The third kappa shape index (κ3) is 4.30.